The van der Waals surface area contributed by atoms with Gasteiger partial charge >= 0.3 is 0 Å². The van der Waals surface area contributed by atoms with E-state index >= 15 is 0 Å². The molecule has 140 valence electrons. The number of aryl methyl sites for hydroxylation is 1. The number of nitrogens with zero attached hydrogens (tertiary/aromatic N) is 4. The number of anilines is 1. The summed E-state index contributed by atoms with van der Waals surface area (Å²) >= 11 is 1.64. The van der Waals surface area contributed by atoms with Gasteiger partial charge in [0, 0.05) is 18.8 Å². The van der Waals surface area contributed by atoms with Gasteiger partial charge in [0.05, 0.1) is 18.9 Å². The average molecular weight is 384 g/mol. The fourth-order valence-electron chi connectivity index (χ4n) is 3.07. The van der Waals surface area contributed by atoms with Gasteiger partial charge in [-0.15, -0.1) is 10.2 Å². The van der Waals surface area contributed by atoms with Crippen LogP contribution in [0.2, 0.25) is 0 Å². The normalized spacial score (nSPS) is 14.5. The topological polar surface area (TPSA) is 43.2 Å². The minimum Gasteiger partial charge on any atom is -0.378 e. The van der Waals surface area contributed by atoms with Crippen molar-refractivity contribution in [2.24, 2.45) is 0 Å². The van der Waals surface area contributed by atoms with E-state index < -0.39 is 0 Å². The minimum atomic E-state index is -0.269. The van der Waals surface area contributed by atoms with E-state index in [-0.39, 0.29) is 5.82 Å². The fraction of sp³-hybridized carbons (Fsp3) is 0.300. The summed E-state index contributed by atoms with van der Waals surface area (Å²) in [7, 11) is 0. The number of hydrogen-bond acceptors (Lipinski definition) is 5. The van der Waals surface area contributed by atoms with Gasteiger partial charge in [0.15, 0.2) is 5.16 Å². The van der Waals surface area contributed by atoms with E-state index in [1.165, 1.54) is 17.7 Å². The molecular formula is C20H21FN4OS. The van der Waals surface area contributed by atoms with E-state index in [4.69, 9.17) is 4.74 Å². The Morgan fingerprint density at radius 1 is 1.00 bits per heavy atom. The van der Waals surface area contributed by atoms with Gasteiger partial charge in [0.1, 0.15) is 5.82 Å². The predicted octanol–water partition coefficient (Wildman–Crippen LogP) is 3.58. The Kier molecular flexibility index (Phi) is 5.69. The van der Waals surface area contributed by atoms with E-state index in [2.05, 4.69) is 27.2 Å². The number of halogens is 1. The van der Waals surface area contributed by atoms with Crippen LogP contribution in [0.4, 0.5) is 10.3 Å². The molecule has 0 aliphatic carbocycles. The summed E-state index contributed by atoms with van der Waals surface area (Å²) in [4.78, 5) is 2.14. The molecule has 0 radical (unpaired) electrons. The third kappa shape index (κ3) is 4.31. The van der Waals surface area contributed by atoms with Crippen molar-refractivity contribution in [1.82, 2.24) is 14.8 Å². The van der Waals surface area contributed by atoms with Gasteiger partial charge in [-0.25, -0.2) is 4.39 Å². The van der Waals surface area contributed by atoms with Crippen LogP contribution in [-0.4, -0.2) is 46.8 Å². The summed E-state index contributed by atoms with van der Waals surface area (Å²) in [6.07, 6.45) is 0.939. The van der Waals surface area contributed by atoms with Crippen LogP contribution in [0.3, 0.4) is 0 Å². The maximum atomic E-state index is 13.8. The number of morpholine rings is 1. The van der Waals surface area contributed by atoms with Gasteiger partial charge in [-0.2, -0.15) is 0 Å². The van der Waals surface area contributed by atoms with Gasteiger partial charge in [0.25, 0.3) is 0 Å². The fourth-order valence-corrected chi connectivity index (χ4v) is 4.00. The van der Waals surface area contributed by atoms with E-state index in [1.54, 1.807) is 17.8 Å². The lowest BCUT2D eigenvalue weighted by Gasteiger charge is -2.27. The van der Waals surface area contributed by atoms with Crippen molar-refractivity contribution in [3.05, 3.63) is 66.0 Å². The van der Waals surface area contributed by atoms with E-state index in [1.807, 2.05) is 28.8 Å². The first kappa shape index (κ1) is 18.0. The zero-order valence-corrected chi connectivity index (χ0v) is 15.7. The van der Waals surface area contributed by atoms with E-state index in [9.17, 15) is 4.39 Å². The van der Waals surface area contributed by atoms with Gasteiger partial charge < -0.3 is 9.64 Å². The number of aromatic nitrogens is 3. The first-order valence-corrected chi connectivity index (χ1v) is 10.0. The second-order valence-electron chi connectivity index (χ2n) is 6.28. The molecule has 7 heteroatoms. The summed E-state index contributed by atoms with van der Waals surface area (Å²) in [5.41, 5.74) is 2.03. The van der Waals surface area contributed by atoms with Gasteiger partial charge in [-0.3, -0.25) is 4.57 Å². The van der Waals surface area contributed by atoms with Crippen LogP contribution in [0.1, 0.15) is 5.56 Å². The van der Waals surface area contributed by atoms with Crippen molar-refractivity contribution in [1.29, 1.82) is 0 Å². The Bertz CT molecular complexity index is 881. The Hall–Kier alpha value is -2.38. The molecule has 4 rings (SSSR count). The molecule has 2 aromatic carbocycles. The van der Waals surface area contributed by atoms with Gasteiger partial charge in [-0.1, -0.05) is 48.2 Å². The van der Waals surface area contributed by atoms with Crippen molar-refractivity contribution in [2.45, 2.75) is 11.6 Å². The molecule has 0 unspecified atom stereocenters. The Morgan fingerprint density at radius 3 is 2.59 bits per heavy atom. The van der Waals surface area contributed by atoms with Gasteiger partial charge in [0.2, 0.25) is 5.95 Å². The quantitative estimate of drug-likeness (QED) is 0.608. The molecule has 1 aliphatic rings. The standard InChI is InChI=1S/C20H21FN4OS/c21-17-7-4-8-18(15-17)25-19(24-10-12-26-13-11-24)22-23-20(25)27-14-9-16-5-2-1-3-6-16/h1-8,15H,9-14H2. The second-order valence-corrected chi connectivity index (χ2v) is 7.34. The lowest BCUT2D eigenvalue weighted by Crippen LogP contribution is -2.37. The second kappa shape index (κ2) is 8.54. The molecule has 3 aromatic rings. The molecule has 0 atom stereocenters. The third-order valence-electron chi connectivity index (χ3n) is 4.44. The van der Waals surface area contributed by atoms with Crippen LogP contribution in [0.15, 0.2) is 59.8 Å². The Morgan fingerprint density at radius 2 is 1.81 bits per heavy atom. The molecule has 0 N–H and O–H groups in total. The highest BCUT2D eigenvalue weighted by atomic mass is 32.2. The van der Waals surface area contributed by atoms with Crippen LogP contribution in [0.5, 0.6) is 0 Å². The molecule has 0 spiro atoms. The van der Waals surface area contributed by atoms with E-state index in [0.29, 0.717) is 13.2 Å². The highest BCUT2D eigenvalue weighted by molar-refractivity contribution is 7.99. The lowest BCUT2D eigenvalue weighted by molar-refractivity contribution is 0.122. The van der Waals surface area contributed by atoms with Crippen molar-refractivity contribution in [3.8, 4) is 5.69 Å². The maximum absolute atomic E-state index is 13.8. The number of benzene rings is 2. The summed E-state index contributed by atoms with van der Waals surface area (Å²) in [6.45, 7) is 2.82. The molecule has 1 aromatic heterocycles. The zero-order chi connectivity index (χ0) is 18.5. The van der Waals surface area contributed by atoms with Crippen molar-refractivity contribution in [3.63, 3.8) is 0 Å². The Balaban J connectivity index is 1.59. The first-order chi connectivity index (χ1) is 13.3. The average Bonchev–Trinajstić information content (AvgIpc) is 3.13. The molecule has 5 nitrogen and oxygen atoms in total. The van der Waals surface area contributed by atoms with Crippen LogP contribution >= 0.6 is 11.8 Å². The monoisotopic (exact) mass is 384 g/mol. The highest BCUT2D eigenvalue weighted by Gasteiger charge is 2.22. The van der Waals surface area contributed by atoms with Crippen LogP contribution in [0, 0.1) is 5.82 Å². The summed E-state index contributed by atoms with van der Waals surface area (Å²) in [6, 6.07) is 16.9. The number of rotatable bonds is 6. The minimum absolute atomic E-state index is 0.269. The smallest absolute Gasteiger partial charge is 0.232 e. The first-order valence-electron chi connectivity index (χ1n) is 9.02. The summed E-state index contributed by atoms with van der Waals surface area (Å²) < 4.78 is 21.2. The van der Waals surface area contributed by atoms with Crippen LogP contribution in [-0.2, 0) is 11.2 Å². The van der Waals surface area contributed by atoms with Crippen molar-refractivity contribution < 1.29 is 9.13 Å². The third-order valence-corrected chi connectivity index (χ3v) is 5.37. The largest absolute Gasteiger partial charge is 0.378 e. The molecule has 1 saturated heterocycles. The SMILES string of the molecule is Fc1cccc(-n2c(SCCc3ccccc3)nnc2N2CCOCC2)c1. The lowest BCUT2D eigenvalue weighted by atomic mass is 10.2. The molecule has 27 heavy (non-hydrogen) atoms. The van der Waals surface area contributed by atoms with Gasteiger partial charge in [-0.05, 0) is 30.2 Å². The Labute approximate surface area is 162 Å². The summed E-state index contributed by atoms with van der Waals surface area (Å²) in [5, 5.41) is 9.59. The van der Waals surface area contributed by atoms with E-state index in [0.717, 1.165) is 42.1 Å². The van der Waals surface area contributed by atoms with Crippen molar-refractivity contribution >= 4 is 17.7 Å². The van der Waals surface area contributed by atoms with Crippen LogP contribution < -0.4 is 4.90 Å². The number of hydrogen-bond donors (Lipinski definition) is 0. The van der Waals surface area contributed by atoms with Crippen molar-refractivity contribution in [2.75, 3.05) is 37.0 Å². The molecule has 0 amide bonds. The van der Waals surface area contributed by atoms with Crippen LogP contribution in [0.25, 0.3) is 5.69 Å². The number of ether oxygens (including phenoxy) is 1. The molecule has 1 fully saturated rings. The summed E-state index contributed by atoms with van der Waals surface area (Å²) in [5.74, 6) is 1.35. The molecule has 0 bridgehead atoms. The zero-order valence-electron chi connectivity index (χ0n) is 14.9. The maximum Gasteiger partial charge on any atom is 0.232 e. The number of thioether (sulfide) groups is 1. The molecule has 2 heterocycles. The predicted molar refractivity (Wildman–Crippen MR) is 105 cm³/mol. The molecule has 1 aliphatic heterocycles. The highest BCUT2D eigenvalue weighted by Crippen LogP contribution is 2.28. The molecular weight excluding hydrogens is 363 g/mol. The molecule has 0 saturated carbocycles.